The van der Waals surface area contributed by atoms with Gasteiger partial charge in [0.1, 0.15) is 0 Å². The number of amidine groups is 1. The molecular formula is C21H25Br2N5. The molecule has 1 aliphatic heterocycles. The van der Waals surface area contributed by atoms with E-state index in [0.717, 1.165) is 15.5 Å². The van der Waals surface area contributed by atoms with E-state index in [-0.39, 0.29) is 11.3 Å². The van der Waals surface area contributed by atoms with Gasteiger partial charge in [-0.25, -0.2) is 11.1 Å². The minimum atomic E-state index is 0.0865. The van der Waals surface area contributed by atoms with Crippen LogP contribution < -0.4 is 10.6 Å². The van der Waals surface area contributed by atoms with Crippen LogP contribution in [0.25, 0.3) is 0 Å². The van der Waals surface area contributed by atoms with Gasteiger partial charge in [0.2, 0.25) is 0 Å². The summed E-state index contributed by atoms with van der Waals surface area (Å²) < 4.78 is 2.26. The van der Waals surface area contributed by atoms with E-state index in [1.54, 1.807) is 0 Å². The van der Waals surface area contributed by atoms with E-state index in [0.29, 0.717) is 6.42 Å². The standard InChI is InChI=1S/C21H23Br2N3.H2N2/c22-14-4-6-18-16(12-14)21(9-2-1-3-10-21)17-13-15(23)5-7-19(17)26(18)11-8-20(24)25;1-2/h4-7,12-13H,1-3,8-11H2,(H3,24,25);1-2H. The van der Waals surface area contributed by atoms with Crippen LogP contribution in [0.15, 0.2) is 45.3 Å². The van der Waals surface area contributed by atoms with Gasteiger partial charge in [0.25, 0.3) is 0 Å². The summed E-state index contributed by atoms with van der Waals surface area (Å²) in [5.41, 5.74) is 21.1. The van der Waals surface area contributed by atoms with Gasteiger partial charge in [-0.2, -0.15) is 0 Å². The first-order valence-electron chi connectivity index (χ1n) is 9.47. The van der Waals surface area contributed by atoms with Crippen molar-refractivity contribution in [1.82, 2.24) is 0 Å². The van der Waals surface area contributed by atoms with E-state index in [1.165, 1.54) is 54.6 Å². The van der Waals surface area contributed by atoms with Crippen molar-refractivity contribution >= 4 is 49.1 Å². The van der Waals surface area contributed by atoms with Gasteiger partial charge in [-0.15, -0.1) is 0 Å². The molecule has 0 atom stereocenters. The Morgan fingerprint density at radius 1 is 0.929 bits per heavy atom. The monoisotopic (exact) mass is 505 g/mol. The number of nitrogens with zero attached hydrogens (tertiary/aromatic N) is 1. The van der Waals surface area contributed by atoms with Crippen molar-refractivity contribution in [2.24, 2.45) is 5.73 Å². The van der Waals surface area contributed by atoms with Crippen LogP contribution in [0.3, 0.4) is 0 Å². The van der Waals surface area contributed by atoms with Gasteiger partial charge in [0.15, 0.2) is 0 Å². The van der Waals surface area contributed by atoms with Crippen molar-refractivity contribution in [3.63, 3.8) is 0 Å². The van der Waals surface area contributed by atoms with Crippen molar-refractivity contribution < 1.29 is 0 Å². The number of fused-ring (bicyclic) bond motifs is 4. The number of benzene rings is 2. The number of halogens is 2. The maximum absolute atomic E-state index is 7.67. The zero-order valence-electron chi connectivity index (χ0n) is 15.7. The molecule has 5 N–H and O–H groups in total. The lowest BCUT2D eigenvalue weighted by Gasteiger charge is -2.48. The highest BCUT2D eigenvalue weighted by Gasteiger charge is 2.43. The Bertz CT molecular complexity index is 822. The van der Waals surface area contributed by atoms with E-state index in [9.17, 15) is 0 Å². The second-order valence-corrected chi connectivity index (χ2v) is 9.22. The molecular weight excluding hydrogens is 482 g/mol. The minimum absolute atomic E-state index is 0.0865. The highest BCUT2D eigenvalue weighted by Crippen LogP contribution is 2.56. The van der Waals surface area contributed by atoms with Gasteiger partial charge in [-0.1, -0.05) is 51.1 Å². The van der Waals surface area contributed by atoms with Crippen molar-refractivity contribution in [2.75, 3.05) is 11.4 Å². The molecule has 4 rings (SSSR count). The molecule has 1 aliphatic carbocycles. The largest absolute Gasteiger partial charge is 0.388 e. The first-order chi connectivity index (χ1) is 13.5. The molecule has 7 heteroatoms. The van der Waals surface area contributed by atoms with Gasteiger partial charge >= 0.3 is 0 Å². The molecule has 2 aromatic rings. The van der Waals surface area contributed by atoms with Crippen LogP contribution in [-0.4, -0.2) is 12.4 Å². The molecule has 0 unspecified atom stereocenters. The zero-order valence-corrected chi connectivity index (χ0v) is 18.9. The number of anilines is 2. The van der Waals surface area contributed by atoms with Crippen LogP contribution in [0.2, 0.25) is 0 Å². The second kappa shape index (κ2) is 8.74. The average molecular weight is 507 g/mol. The quantitative estimate of drug-likeness (QED) is 0.208. The molecule has 28 heavy (non-hydrogen) atoms. The topological polar surface area (TPSA) is 101 Å². The lowest BCUT2D eigenvalue weighted by molar-refractivity contribution is 0.343. The SMILES string of the molecule is N=C(N)CCN1c2ccc(Br)cc2C2(CCCCC2)c2cc(Br)ccc21.N=N. The Morgan fingerprint density at radius 2 is 1.43 bits per heavy atom. The molecule has 1 spiro atoms. The maximum Gasteiger partial charge on any atom is 0.0923 e. The third kappa shape index (κ3) is 3.74. The van der Waals surface area contributed by atoms with E-state index in [1.807, 2.05) is 0 Å². The number of hydrogen-bond acceptors (Lipinski definition) is 4. The van der Waals surface area contributed by atoms with Gasteiger partial charge in [-0.3, -0.25) is 5.41 Å². The van der Waals surface area contributed by atoms with Crippen molar-refractivity contribution in [3.05, 3.63) is 56.5 Å². The summed E-state index contributed by atoms with van der Waals surface area (Å²) in [5.74, 6) is 0.236. The number of nitrogens with two attached hydrogens (primary N) is 1. The molecule has 2 aromatic carbocycles. The number of hydrogen-bond donors (Lipinski definition) is 4. The van der Waals surface area contributed by atoms with Gasteiger partial charge in [0.05, 0.1) is 5.84 Å². The lowest BCUT2D eigenvalue weighted by atomic mass is 9.63. The molecule has 0 saturated heterocycles. The molecule has 5 nitrogen and oxygen atoms in total. The van der Waals surface area contributed by atoms with Crippen molar-refractivity contribution in [2.45, 2.75) is 43.9 Å². The van der Waals surface area contributed by atoms with Crippen LogP contribution in [0.4, 0.5) is 11.4 Å². The normalized spacial score (nSPS) is 16.6. The Morgan fingerprint density at radius 3 is 1.89 bits per heavy atom. The Hall–Kier alpha value is -1.73. The third-order valence-corrected chi connectivity index (χ3v) is 6.83. The Labute approximate surface area is 182 Å². The van der Waals surface area contributed by atoms with Crippen molar-refractivity contribution in [3.8, 4) is 0 Å². The molecule has 1 fully saturated rings. The lowest BCUT2D eigenvalue weighted by Crippen LogP contribution is -2.39. The summed E-state index contributed by atoms with van der Waals surface area (Å²) in [6.07, 6.45) is 6.82. The van der Waals surface area contributed by atoms with Gasteiger partial charge in [-0.05, 0) is 60.4 Å². The predicted octanol–water partition coefficient (Wildman–Crippen LogP) is 6.84. The molecule has 0 aromatic heterocycles. The van der Waals surface area contributed by atoms with E-state index < -0.39 is 0 Å². The summed E-state index contributed by atoms with van der Waals surface area (Å²) in [7, 11) is 0. The fourth-order valence-electron chi connectivity index (χ4n) is 4.70. The summed E-state index contributed by atoms with van der Waals surface area (Å²) in [4.78, 5) is 2.35. The maximum atomic E-state index is 7.67. The number of rotatable bonds is 3. The van der Waals surface area contributed by atoms with Crippen LogP contribution in [0, 0.1) is 16.5 Å². The highest BCUT2D eigenvalue weighted by atomic mass is 79.9. The van der Waals surface area contributed by atoms with E-state index >= 15 is 0 Å². The molecule has 0 radical (unpaired) electrons. The number of nitrogens with one attached hydrogen (secondary N) is 3. The van der Waals surface area contributed by atoms with Crippen molar-refractivity contribution in [1.29, 1.82) is 16.5 Å². The molecule has 1 heterocycles. The fraction of sp³-hybridized carbons (Fsp3) is 0.381. The average Bonchev–Trinajstić information content (AvgIpc) is 2.71. The molecule has 148 valence electrons. The third-order valence-electron chi connectivity index (χ3n) is 5.84. The summed E-state index contributed by atoms with van der Waals surface area (Å²) in [5, 5.41) is 7.67. The first kappa shape index (κ1) is 21.0. The van der Waals surface area contributed by atoms with E-state index in [4.69, 9.17) is 22.2 Å². The predicted molar refractivity (Wildman–Crippen MR) is 121 cm³/mol. The smallest absolute Gasteiger partial charge is 0.0923 e. The molecule has 0 bridgehead atoms. The second-order valence-electron chi connectivity index (χ2n) is 7.39. The van der Waals surface area contributed by atoms with Crippen LogP contribution in [0.5, 0.6) is 0 Å². The van der Waals surface area contributed by atoms with Crippen LogP contribution in [-0.2, 0) is 5.41 Å². The summed E-state index contributed by atoms with van der Waals surface area (Å²) >= 11 is 7.39. The molecule has 1 saturated carbocycles. The zero-order chi connectivity index (χ0) is 20.3. The summed E-state index contributed by atoms with van der Waals surface area (Å²) in [6, 6.07) is 13.3. The Kier molecular flexibility index (Phi) is 6.55. The van der Waals surface area contributed by atoms with Crippen LogP contribution in [0.1, 0.15) is 49.7 Å². The van der Waals surface area contributed by atoms with Crippen LogP contribution >= 0.6 is 31.9 Å². The summed E-state index contributed by atoms with van der Waals surface area (Å²) in [6.45, 7) is 0.731. The first-order valence-corrected chi connectivity index (χ1v) is 11.1. The molecule has 2 aliphatic rings. The van der Waals surface area contributed by atoms with Gasteiger partial charge < -0.3 is 10.6 Å². The van der Waals surface area contributed by atoms with Gasteiger partial charge in [0, 0.05) is 38.7 Å². The van der Waals surface area contributed by atoms with E-state index in [2.05, 4.69) is 73.2 Å². The molecule has 0 amide bonds. The minimum Gasteiger partial charge on any atom is -0.388 e. The highest BCUT2D eigenvalue weighted by molar-refractivity contribution is 9.10. The fourth-order valence-corrected chi connectivity index (χ4v) is 5.42. The Balaban J connectivity index is 0.00000109.